The largest absolute Gasteiger partial charge is 0.240 e. The fourth-order valence-corrected chi connectivity index (χ4v) is 3.06. The van der Waals surface area contributed by atoms with Crippen molar-refractivity contribution in [1.29, 1.82) is 0 Å². The lowest BCUT2D eigenvalue weighted by Crippen LogP contribution is -1.80. The maximum atomic E-state index is 10.3. The first-order valence-corrected chi connectivity index (χ1v) is 6.64. The van der Waals surface area contributed by atoms with Gasteiger partial charge in [0.05, 0.1) is 5.69 Å². The third-order valence-corrected chi connectivity index (χ3v) is 3.92. The molecule has 1 aromatic heterocycles. The molecule has 0 bridgehead atoms. The van der Waals surface area contributed by atoms with E-state index in [1.54, 1.807) is 29.2 Å². The standard InChI is InChI=1S/C12H9NOS2/c14-9-13-12-4-2-1-3-10(12)7-16-11-5-6-15-8-11/h1-6,8H,7H2. The molecule has 0 unspecified atom stereocenters. The molecule has 1 aromatic carbocycles. The Kier molecular flexibility index (Phi) is 3.94. The van der Waals surface area contributed by atoms with Gasteiger partial charge in [-0.3, -0.25) is 0 Å². The van der Waals surface area contributed by atoms with Gasteiger partial charge in [-0.1, -0.05) is 18.2 Å². The number of carbonyl (C=O) groups excluding carboxylic acids is 1. The van der Waals surface area contributed by atoms with Gasteiger partial charge in [0, 0.05) is 16.0 Å². The Hall–Kier alpha value is -1.35. The first kappa shape index (κ1) is 11.1. The monoisotopic (exact) mass is 247 g/mol. The Bertz CT molecular complexity index is 501. The Morgan fingerprint density at radius 2 is 2.19 bits per heavy atom. The van der Waals surface area contributed by atoms with Crippen LogP contribution in [0, 0.1) is 0 Å². The van der Waals surface area contributed by atoms with Gasteiger partial charge in [-0.15, -0.1) is 11.8 Å². The van der Waals surface area contributed by atoms with Gasteiger partial charge in [0.1, 0.15) is 0 Å². The van der Waals surface area contributed by atoms with Crippen LogP contribution in [0.2, 0.25) is 0 Å². The summed E-state index contributed by atoms with van der Waals surface area (Å²) < 4.78 is 0. The fraction of sp³-hybridized carbons (Fsp3) is 0.0833. The molecule has 0 atom stereocenters. The molecule has 16 heavy (non-hydrogen) atoms. The minimum absolute atomic E-state index is 0.709. The Balaban J connectivity index is 2.12. The summed E-state index contributed by atoms with van der Waals surface area (Å²) in [6, 6.07) is 9.72. The number of hydrogen-bond acceptors (Lipinski definition) is 4. The summed E-state index contributed by atoms with van der Waals surface area (Å²) in [5, 5.41) is 4.16. The van der Waals surface area contributed by atoms with Gasteiger partial charge >= 0.3 is 0 Å². The summed E-state index contributed by atoms with van der Waals surface area (Å²) in [6.45, 7) is 0. The van der Waals surface area contributed by atoms with Crippen LogP contribution in [0.15, 0.2) is 51.0 Å². The van der Waals surface area contributed by atoms with Gasteiger partial charge in [-0.25, -0.2) is 4.79 Å². The molecule has 0 spiro atoms. The van der Waals surface area contributed by atoms with Gasteiger partial charge < -0.3 is 0 Å². The third kappa shape index (κ3) is 2.83. The number of thiophene rings is 1. The van der Waals surface area contributed by atoms with Crippen molar-refractivity contribution in [2.24, 2.45) is 4.99 Å². The molecule has 4 heteroatoms. The lowest BCUT2D eigenvalue weighted by molar-refractivity contribution is 0.565. The highest BCUT2D eigenvalue weighted by atomic mass is 32.2. The van der Waals surface area contributed by atoms with Crippen molar-refractivity contribution < 1.29 is 4.79 Å². The predicted octanol–water partition coefficient (Wildman–Crippen LogP) is 4.01. The van der Waals surface area contributed by atoms with Crippen LogP contribution in [-0.2, 0) is 10.5 Å². The lowest BCUT2D eigenvalue weighted by Gasteiger charge is -2.02. The first-order chi connectivity index (χ1) is 7.90. The maximum Gasteiger partial charge on any atom is 0.240 e. The molecule has 0 N–H and O–H groups in total. The number of rotatable bonds is 4. The number of hydrogen-bond donors (Lipinski definition) is 0. The summed E-state index contributed by atoms with van der Waals surface area (Å²) in [4.78, 5) is 15.2. The molecule has 0 amide bonds. The summed E-state index contributed by atoms with van der Waals surface area (Å²) in [7, 11) is 0. The van der Waals surface area contributed by atoms with E-state index in [1.807, 2.05) is 24.3 Å². The van der Waals surface area contributed by atoms with Crippen LogP contribution < -0.4 is 0 Å². The highest BCUT2D eigenvalue weighted by molar-refractivity contribution is 7.98. The second-order valence-electron chi connectivity index (χ2n) is 3.08. The van der Waals surface area contributed by atoms with Gasteiger partial charge in [0.15, 0.2) is 0 Å². The maximum absolute atomic E-state index is 10.3. The molecule has 0 aliphatic carbocycles. The minimum Gasteiger partial charge on any atom is -0.211 e. The number of thioether (sulfide) groups is 1. The topological polar surface area (TPSA) is 29.4 Å². The van der Waals surface area contributed by atoms with Crippen LogP contribution in [-0.4, -0.2) is 6.08 Å². The van der Waals surface area contributed by atoms with Crippen molar-refractivity contribution in [1.82, 2.24) is 0 Å². The molecular weight excluding hydrogens is 238 g/mol. The molecule has 1 heterocycles. The molecule has 2 aromatic rings. The zero-order valence-corrected chi connectivity index (χ0v) is 10.1. The number of benzene rings is 1. The first-order valence-electron chi connectivity index (χ1n) is 4.71. The molecule has 2 rings (SSSR count). The average molecular weight is 247 g/mol. The Morgan fingerprint density at radius 1 is 1.31 bits per heavy atom. The molecule has 0 aliphatic heterocycles. The molecule has 0 radical (unpaired) electrons. The molecule has 80 valence electrons. The van der Waals surface area contributed by atoms with E-state index in [-0.39, 0.29) is 0 Å². The van der Waals surface area contributed by atoms with Gasteiger partial charge in [0.25, 0.3) is 0 Å². The van der Waals surface area contributed by atoms with Crippen molar-refractivity contribution >= 4 is 34.9 Å². The molecule has 0 saturated carbocycles. The second kappa shape index (κ2) is 5.66. The van der Waals surface area contributed by atoms with E-state index >= 15 is 0 Å². The summed E-state index contributed by atoms with van der Waals surface area (Å²) in [6.07, 6.45) is 1.59. The van der Waals surface area contributed by atoms with Gasteiger partial charge in [0.2, 0.25) is 6.08 Å². The summed E-state index contributed by atoms with van der Waals surface area (Å²) in [5.41, 5.74) is 1.77. The van der Waals surface area contributed by atoms with Crippen molar-refractivity contribution in [2.45, 2.75) is 10.6 Å². The molecule has 2 nitrogen and oxygen atoms in total. The van der Waals surface area contributed by atoms with E-state index in [0.717, 1.165) is 11.3 Å². The highest BCUT2D eigenvalue weighted by Gasteiger charge is 2.01. The second-order valence-corrected chi connectivity index (χ2v) is 4.91. The van der Waals surface area contributed by atoms with Crippen molar-refractivity contribution in [2.75, 3.05) is 0 Å². The Labute approximate surface area is 102 Å². The normalized spacial score (nSPS) is 9.75. The van der Waals surface area contributed by atoms with E-state index in [0.29, 0.717) is 5.69 Å². The highest BCUT2D eigenvalue weighted by Crippen LogP contribution is 2.28. The zero-order chi connectivity index (χ0) is 11.2. The van der Waals surface area contributed by atoms with E-state index in [4.69, 9.17) is 0 Å². The number of nitrogens with zero attached hydrogens (tertiary/aromatic N) is 1. The third-order valence-electron chi connectivity index (χ3n) is 2.05. The SMILES string of the molecule is O=C=Nc1ccccc1CSc1ccsc1. The van der Waals surface area contributed by atoms with Crippen LogP contribution in [0.3, 0.4) is 0 Å². The molecule has 0 aliphatic rings. The summed E-state index contributed by atoms with van der Waals surface area (Å²) >= 11 is 3.42. The van der Waals surface area contributed by atoms with Gasteiger partial charge in [-0.2, -0.15) is 16.3 Å². The van der Waals surface area contributed by atoms with E-state index in [9.17, 15) is 4.79 Å². The van der Waals surface area contributed by atoms with E-state index < -0.39 is 0 Å². The van der Waals surface area contributed by atoms with Gasteiger partial charge in [-0.05, 0) is 23.1 Å². The minimum atomic E-state index is 0.709. The number of isocyanates is 1. The molecule has 0 fully saturated rings. The lowest BCUT2D eigenvalue weighted by atomic mass is 10.2. The van der Waals surface area contributed by atoms with Crippen LogP contribution in [0.25, 0.3) is 0 Å². The van der Waals surface area contributed by atoms with E-state index in [1.165, 1.54) is 4.90 Å². The van der Waals surface area contributed by atoms with Crippen LogP contribution in [0.4, 0.5) is 5.69 Å². The van der Waals surface area contributed by atoms with Crippen LogP contribution >= 0.6 is 23.1 Å². The fourth-order valence-electron chi connectivity index (χ4n) is 1.29. The quantitative estimate of drug-likeness (QED) is 0.464. The average Bonchev–Trinajstić information content (AvgIpc) is 2.81. The number of para-hydroxylation sites is 1. The molecule has 0 saturated heterocycles. The number of aliphatic imine (C=N–C) groups is 1. The van der Waals surface area contributed by atoms with Crippen molar-refractivity contribution in [3.05, 3.63) is 46.7 Å². The zero-order valence-electron chi connectivity index (χ0n) is 8.42. The van der Waals surface area contributed by atoms with Crippen LogP contribution in [0.5, 0.6) is 0 Å². The predicted molar refractivity (Wildman–Crippen MR) is 68.1 cm³/mol. The molecular formula is C12H9NOS2. The van der Waals surface area contributed by atoms with Crippen molar-refractivity contribution in [3.8, 4) is 0 Å². The van der Waals surface area contributed by atoms with Crippen molar-refractivity contribution in [3.63, 3.8) is 0 Å². The van der Waals surface area contributed by atoms with E-state index in [2.05, 4.69) is 21.8 Å². The Morgan fingerprint density at radius 3 is 2.94 bits per heavy atom. The van der Waals surface area contributed by atoms with Crippen LogP contribution in [0.1, 0.15) is 5.56 Å². The summed E-state index contributed by atoms with van der Waals surface area (Å²) in [5.74, 6) is 0.818. The smallest absolute Gasteiger partial charge is 0.211 e.